The second-order valence-corrected chi connectivity index (χ2v) is 9.17. The van der Waals surface area contributed by atoms with Gasteiger partial charge < -0.3 is 20.6 Å². The lowest BCUT2D eigenvalue weighted by atomic mass is 9.97. The third kappa shape index (κ3) is 7.43. The van der Waals surface area contributed by atoms with Crippen LogP contribution in [0.5, 0.6) is 0 Å². The molecule has 0 radical (unpaired) electrons. The van der Waals surface area contributed by atoms with Crippen LogP contribution in [0.15, 0.2) is 17.1 Å². The predicted molar refractivity (Wildman–Crippen MR) is 112 cm³/mol. The number of aliphatic imine (C=N–C) groups is 1. The zero-order chi connectivity index (χ0) is 18.9. The molecule has 1 saturated heterocycles. The Kier molecular flexibility index (Phi) is 9.19. The van der Waals surface area contributed by atoms with Crippen LogP contribution in [-0.4, -0.2) is 55.2 Å². The molecule has 0 aromatic carbocycles. The molecule has 0 saturated carbocycles. The first-order valence-electron chi connectivity index (χ1n) is 9.65. The molecule has 148 valence electrons. The summed E-state index contributed by atoms with van der Waals surface area (Å²) >= 11 is 7.34. The SMILES string of the molecule is CCNC(=NCC(O)c1ccc(Cl)s1)NCC1CCCN(CC(C)C)C1. The summed E-state index contributed by atoms with van der Waals surface area (Å²) in [7, 11) is 0. The fourth-order valence-corrected chi connectivity index (χ4v) is 4.40. The van der Waals surface area contributed by atoms with Crippen molar-refractivity contribution < 1.29 is 5.11 Å². The van der Waals surface area contributed by atoms with E-state index in [-0.39, 0.29) is 0 Å². The van der Waals surface area contributed by atoms with Gasteiger partial charge in [-0.1, -0.05) is 25.4 Å². The number of nitrogens with zero attached hydrogens (tertiary/aromatic N) is 2. The lowest BCUT2D eigenvalue weighted by molar-refractivity contribution is 0.159. The average molecular weight is 401 g/mol. The van der Waals surface area contributed by atoms with Crippen molar-refractivity contribution in [3.05, 3.63) is 21.3 Å². The van der Waals surface area contributed by atoms with Gasteiger partial charge in [0.25, 0.3) is 0 Å². The summed E-state index contributed by atoms with van der Waals surface area (Å²) in [5, 5.41) is 17.0. The maximum atomic E-state index is 10.3. The second-order valence-electron chi connectivity index (χ2n) is 7.42. The Hall–Kier alpha value is -0.820. The molecule has 2 heterocycles. The first kappa shape index (κ1) is 21.5. The van der Waals surface area contributed by atoms with Gasteiger partial charge in [-0.05, 0) is 50.3 Å². The maximum Gasteiger partial charge on any atom is 0.191 e. The Labute approximate surface area is 166 Å². The van der Waals surface area contributed by atoms with E-state index in [4.69, 9.17) is 11.6 Å². The lowest BCUT2D eigenvalue weighted by Crippen LogP contribution is -2.45. The van der Waals surface area contributed by atoms with Gasteiger partial charge in [0.05, 0.1) is 10.9 Å². The summed E-state index contributed by atoms with van der Waals surface area (Å²) < 4.78 is 0.691. The number of thiophene rings is 1. The van der Waals surface area contributed by atoms with Crippen LogP contribution in [0.2, 0.25) is 4.34 Å². The molecule has 0 spiro atoms. The monoisotopic (exact) mass is 400 g/mol. The number of halogens is 1. The van der Waals surface area contributed by atoms with Crippen LogP contribution in [0.25, 0.3) is 0 Å². The minimum atomic E-state index is -0.612. The molecule has 3 N–H and O–H groups in total. The summed E-state index contributed by atoms with van der Waals surface area (Å²) in [4.78, 5) is 7.98. The van der Waals surface area contributed by atoms with Crippen LogP contribution < -0.4 is 10.6 Å². The zero-order valence-corrected chi connectivity index (χ0v) is 17.7. The number of rotatable bonds is 8. The fraction of sp³-hybridized carbons (Fsp3) is 0.737. The smallest absolute Gasteiger partial charge is 0.191 e. The van der Waals surface area contributed by atoms with E-state index in [1.807, 2.05) is 12.1 Å². The number of hydrogen-bond donors (Lipinski definition) is 3. The van der Waals surface area contributed by atoms with E-state index in [0.29, 0.717) is 22.7 Å². The molecule has 0 aliphatic carbocycles. The molecule has 1 aromatic heterocycles. The van der Waals surface area contributed by atoms with Crippen molar-refractivity contribution in [2.75, 3.05) is 39.3 Å². The summed E-state index contributed by atoms with van der Waals surface area (Å²) in [6, 6.07) is 3.67. The lowest BCUT2D eigenvalue weighted by Gasteiger charge is -2.34. The quantitative estimate of drug-likeness (QED) is 0.462. The van der Waals surface area contributed by atoms with Gasteiger partial charge >= 0.3 is 0 Å². The Morgan fingerprint density at radius 3 is 2.88 bits per heavy atom. The Morgan fingerprint density at radius 1 is 1.42 bits per heavy atom. The van der Waals surface area contributed by atoms with Crippen LogP contribution in [0.1, 0.15) is 44.6 Å². The molecule has 0 bridgehead atoms. The first-order valence-corrected chi connectivity index (χ1v) is 10.8. The predicted octanol–water partition coefficient (Wildman–Crippen LogP) is 3.36. The van der Waals surface area contributed by atoms with Gasteiger partial charge in [-0.15, -0.1) is 11.3 Å². The third-order valence-electron chi connectivity index (χ3n) is 4.47. The van der Waals surface area contributed by atoms with Gasteiger partial charge in [0, 0.05) is 31.1 Å². The molecule has 0 amide bonds. The highest BCUT2D eigenvalue weighted by Gasteiger charge is 2.20. The number of nitrogens with one attached hydrogen (secondary N) is 2. The van der Waals surface area contributed by atoms with Crippen LogP contribution in [0.4, 0.5) is 0 Å². The molecule has 26 heavy (non-hydrogen) atoms. The van der Waals surface area contributed by atoms with Crippen molar-refractivity contribution in [2.24, 2.45) is 16.8 Å². The molecular weight excluding hydrogens is 368 g/mol. The first-order chi connectivity index (χ1) is 12.5. The highest BCUT2D eigenvalue weighted by atomic mass is 35.5. The van der Waals surface area contributed by atoms with Crippen molar-refractivity contribution in [1.82, 2.24) is 15.5 Å². The van der Waals surface area contributed by atoms with E-state index in [9.17, 15) is 5.11 Å². The summed E-state index contributed by atoms with van der Waals surface area (Å²) in [6.45, 7) is 12.2. The van der Waals surface area contributed by atoms with Gasteiger partial charge in [0.15, 0.2) is 5.96 Å². The summed E-state index contributed by atoms with van der Waals surface area (Å²) in [6.07, 6.45) is 1.92. The molecular formula is C19H33ClN4OS. The van der Waals surface area contributed by atoms with Crippen LogP contribution in [-0.2, 0) is 0 Å². The molecule has 1 aliphatic rings. The van der Waals surface area contributed by atoms with Crippen molar-refractivity contribution in [3.63, 3.8) is 0 Å². The van der Waals surface area contributed by atoms with Crippen LogP contribution in [0.3, 0.4) is 0 Å². The van der Waals surface area contributed by atoms with Crippen molar-refractivity contribution in [1.29, 1.82) is 0 Å². The summed E-state index contributed by atoms with van der Waals surface area (Å²) in [5.74, 6) is 2.13. The van der Waals surface area contributed by atoms with Gasteiger partial charge in [0.1, 0.15) is 6.10 Å². The molecule has 1 aliphatic heterocycles. The Morgan fingerprint density at radius 2 is 2.23 bits per heavy atom. The second kappa shape index (κ2) is 11.1. The number of guanidine groups is 1. The highest BCUT2D eigenvalue weighted by Crippen LogP contribution is 2.26. The Bertz CT molecular complexity index is 563. The van der Waals surface area contributed by atoms with Crippen LogP contribution >= 0.6 is 22.9 Å². The number of piperidine rings is 1. The highest BCUT2D eigenvalue weighted by molar-refractivity contribution is 7.16. The largest absolute Gasteiger partial charge is 0.386 e. The standard InChI is InChI=1S/C19H33ClN4OS/c1-4-21-19(23-11-16(25)17-7-8-18(20)26-17)22-10-15-6-5-9-24(13-15)12-14(2)3/h7-8,14-16,25H,4-6,9-13H2,1-3H3,(H2,21,22,23). The normalized spacial score (nSPS) is 20.4. The Balaban J connectivity index is 1.83. The van der Waals surface area contributed by atoms with Crippen molar-refractivity contribution in [3.8, 4) is 0 Å². The van der Waals surface area contributed by atoms with E-state index in [1.165, 1.54) is 37.3 Å². The molecule has 1 aromatic rings. The zero-order valence-electron chi connectivity index (χ0n) is 16.2. The van der Waals surface area contributed by atoms with Gasteiger partial charge in [-0.2, -0.15) is 0 Å². The van der Waals surface area contributed by atoms with Gasteiger partial charge in [-0.3, -0.25) is 4.99 Å². The molecule has 2 unspecified atom stereocenters. The number of aliphatic hydroxyl groups excluding tert-OH is 1. The van der Waals surface area contributed by atoms with E-state index in [2.05, 4.69) is 41.3 Å². The topological polar surface area (TPSA) is 59.9 Å². The molecule has 2 atom stereocenters. The molecule has 1 fully saturated rings. The maximum absolute atomic E-state index is 10.3. The van der Waals surface area contributed by atoms with E-state index >= 15 is 0 Å². The number of aliphatic hydroxyl groups is 1. The van der Waals surface area contributed by atoms with Crippen molar-refractivity contribution in [2.45, 2.75) is 39.7 Å². The summed E-state index contributed by atoms with van der Waals surface area (Å²) in [5.41, 5.74) is 0. The van der Waals surface area contributed by atoms with Crippen molar-refractivity contribution >= 4 is 28.9 Å². The molecule has 7 heteroatoms. The van der Waals surface area contributed by atoms with E-state index < -0.39 is 6.10 Å². The molecule has 5 nitrogen and oxygen atoms in total. The molecule has 2 rings (SSSR count). The minimum absolute atomic E-state index is 0.330. The van der Waals surface area contributed by atoms with Gasteiger partial charge in [0.2, 0.25) is 0 Å². The van der Waals surface area contributed by atoms with E-state index in [0.717, 1.165) is 30.5 Å². The van der Waals surface area contributed by atoms with E-state index in [1.54, 1.807) is 0 Å². The van der Waals surface area contributed by atoms with Gasteiger partial charge in [-0.25, -0.2) is 0 Å². The fourth-order valence-electron chi connectivity index (χ4n) is 3.36. The third-order valence-corrected chi connectivity index (χ3v) is 5.81. The minimum Gasteiger partial charge on any atom is -0.386 e. The average Bonchev–Trinajstić information content (AvgIpc) is 3.03. The number of hydrogen-bond acceptors (Lipinski definition) is 4. The van der Waals surface area contributed by atoms with Crippen LogP contribution in [0, 0.1) is 11.8 Å². The number of likely N-dealkylation sites (tertiary alicyclic amines) is 1.